The van der Waals surface area contributed by atoms with Gasteiger partial charge >= 0.3 is 5.97 Å². The van der Waals surface area contributed by atoms with E-state index in [1.807, 2.05) is 4.90 Å². The normalized spacial score (nSPS) is 27.5. The number of hydrogen-bond acceptors (Lipinski definition) is 7. The van der Waals surface area contributed by atoms with Crippen LogP contribution >= 0.6 is 11.8 Å². The Labute approximate surface area is 186 Å². The van der Waals surface area contributed by atoms with Crippen LogP contribution in [0.1, 0.15) is 50.4 Å². The quantitative estimate of drug-likeness (QED) is 0.682. The number of carbonyl (C=O) groups is 2. The lowest BCUT2D eigenvalue weighted by Gasteiger charge is -2.35. The van der Waals surface area contributed by atoms with E-state index in [1.54, 1.807) is 25.1 Å². The first-order chi connectivity index (χ1) is 14.6. The molecule has 1 N–H and O–H groups in total. The number of rotatable bonds is 4. The van der Waals surface area contributed by atoms with Crippen molar-refractivity contribution in [3.8, 4) is 0 Å². The second-order valence-electron chi connectivity index (χ2n) is 8.53. The third-order valence-electron chi connectivity index (χ3n) is 6.40. The maximum absolute atomic E-state index is 12.6. The molecule has 3 aliphatic rings. The second-order valence-corrected chi connectivity index (χ2v) is 11.3. The zero-order valence-electron chi connectivity index (χ0n) is 17.8. The smallest absolute Gasteiger partial charge is 0.338 e. The van der Waals surface area contributed by atoms with Crippen molar-refractivity contribution in [1.82, 2.24) is 5.32 Å². The number of nitrogens with one attached hydrogen (secondary N) is 1. The highest BCUT2D eigenvalue weighted by Crippen LogP contribution is 2.42. The Morgan fingerprint density at radius 3 is 2.84 bits per heavy atom. The third kappa shape index (κ3) is 4.59. The summed E-state index contributed by atoms with van der Waals surface area (Å²) in [6, 6.07) is 5.15. The fraction of sp³-hybridized carbons (Fsp3) is 0.571. The summed E-state index contributed by atoms with van der Waals surface area (Å²) in [4.78, 5) is 27.8. The standard InChI is InChI=1S/C21H27N3O5S2/c1-12-5-4-6-16(13(12)2)22-19(25)14(3)29-20(26)15-7-8-17-18(11-15)30-21-23-31(27,28)10-9-24(17)21/h7-8,11-14,16H,4-6,9-10H2,1-3H3,(H,22,25)/t12-,13+,14+,16-/m1/s1. The molecule has 168 valence electrons. The average molecular weight is 466 g/mol. The topological polar surface area (TPSA) is 105 Å². The molecule has 0 saturated heterocycles. The van der Waals surface area contributed by atoms with Crippen molar-refractivity contribution < 1.29 is 22.7 Å². The number of amides is 1. The van der Waals surface area contributed by atoms with E-state index in [9.17, 15) is 18.0 Å². The minimum atomic E-state index is -3.44. The molecule has 4 rings (SSSR count). The van der Waals surface area contributed by atoms with Gasteiger partial charge in [-0.25, -0.2) is 13.2 Å². The number of hydrogen-bond donors (Lipinski definition) is 1. The van der Waals surface area contributed by atoms with Gasteiger partial charge in [0.15, 0.2) is 11.3 Å². The highest BCUT2D eigenvalue weighted by atomic mass is 32.2. The molecule has 0 unspecified atom stereocenters. The predicted molar refractivity (Wildman–Crippen MR) is 120 cm³/mol. The summed E-state index contributed by atoms with van der Waals surface area (Å²) < 4.78 is 32.7. The van der Waals surface area contributed by atoms with Gasteiger partial charge in [0.25, 0.3) is 15.9 Å². The van der Waals surface area contributed by atoms with Crippen LogP contribution in [0.4, 0.5) is 5.69 Å². The molecule has 1 fully saturated rings. The molecule has 0 spiro atoms. The van der Waals surface area contributed by atoms with Gasteiger partial charge in [-0.15, -0.1) is 4.40 Å². The molecule has 0 radical (unpaired) electrons. The van der Waals surface area contributed by atoms with Crippen LogP contribution < -0.4 is 10.2 Å². The first kappa shape index (κ1) is 22.1. The average Bonchev–Trinajstić information content (AvgIpc) is 3.06. The van der Waals surface area contributed by atoms with E-state index in [2.05, 4.69) is 23.6 Å². The highest BCUT2D eigenvalue weighted by Gasteiger charge is 2.34. The van der Waals surface area contributed by atoms with Gasteiger partial charge in [0.1, 0.15) is 0 Å². The zero-order valence-corrected chi connectivity index (χ0v) is 19.5. The summed E-state index contributed by atoms with van der Waals surface area (Å²) in [5.41, 5.74) is 1.13. The first-order valence-electron chi connectivity index (χ1n) is 10.6. The molecule has 2 heterocycles. The number of ether oxygens (including phenoxy) is 1. The van der Waals surface area contributed by atoms with Crippen LogP contribution in [0.15, 0.2) is 27.5 Å². The van der Waals surface area contributed by atoms with Crippen molar-refractivity contribution in [2.45, 2.75) is 57.1 Å². The van der Waals surface area contributed by atoms with Crippen LogP contribution in [0.3, 0.4) is 0 Å². The van der Waals surface area contributed by atoms with Crippen molar-refractivity contribution in [3.63, 3.8) is 0 Å². The van der Waals surface area contributed by atoms with Crippen molar-refractivity contribution in [1.29, 1.82) is 0 Å². The Hall–Kier alpha value is -2.07. The molecular formula is C21H27N3O5S2. The van der Waals surface area contributed by atoms with Crippen LogP contribution in [0, 0.1) is 11.8 Å². The molecule has 1 aromatic rings. The van der Waals surface area contributed by atoms with E-state index in [0.29, 0.717) is 29.1 Å². The second kappa shape index (κ2) is 8.46. The largest absolute Gasteiger partial charge is 0.449 e. The molecular weight excluding hydrogens is 438 g/mol. The van der Waals surface area contributed by atoms with Gasteiger partial charge in [0.2, 0.25) is 0 Å². The fourth-order valence-electron chi connectivity index (χ4n) is 4.23. The van der Waals surface area contributed by atoms with Gasteiger partial charge in [0, 0.05) is 17.5 Å². The summed E-state index contributed by atoms with van der Waals surface area (Å²) in [7, 11) is -3.44. The molecule has 2 aliphatic heterocycles. The molecule has 1 aliphatic carbocycles. The number of fused-ring (bicyclic) bond motifs is 3. The summed E-state index contributed by atoms with van der Waals surface area (Å²) in [5, 5.41) is 3.44. The Morgan fingerprint density at radius 1 is 1.29 bits per heavy atom. The summed E-state index contributed by atoms with van der Waals surface area (Å²) in [6.07, 6.45) is 2.29. The van der Waals surface area contributed by atoms with E-state index in [4.69, 9.17) is 4.74 Å². The van der Waals surface area contributed by atoms with Crippen molar-refractivity contribution in [2.24, 2.45) is 16.2 Å². The number of benzene rings is 1. The lowest BCUT2D eigenvalue weighted by molar-refractivity contribution is -0.130. The maximum Gasteiger partial charge on any atom is 0.338 e. The van der Waals surface area contributed by atoms with Gasteiger partial charge in [-0.1, -0.05) is 26.7 Å². The molecule has 0 bridgehead atoms. The van der Waals surface area contributed by atoms with E-state index in [0.717, 1.165) is 23.4 Å². The van der Waals surface area contributed by atoms with Crippen molar-refractivity contribution in [2.75, 3.05) is 17.2 Å². The predicted octanol–water partition coefficient (Wildman–Crippen LogP) is 2.78. The number of anilines is 1. The number of thioether (sulfide) groups is 1. The number of esters is 1. The van der Waals surface area contributed by atoms with Crippen LogP contribution in [-0.4, -0.2) is 49.9 Å². The highest BCUT2D eigenvalue weighted by molar-refractivity contribution is 8.15. The number of nitrogens with zero attached hydrogens (tertiary/aromatic N) is 2. The first-order valence-corrected chi connectivity index (χ1v) is 13.0. The van der Waals surface area contributed by atoms with Gasteiger partial charge in [-0.05, 0) is 55.1 Å². The van der Waals surface area contributed by atoms with E-state index in [1.165, 1.54) is 18.2 Å². The monoisotopic (exact) mass is 465 g/mol. The molecule has 0 aromatic heterocycles. The van der Waals surface area contributed by atoms with E-state index >= 15 is 0 Å². The van der Waals surface area contributed by atoms with E-state index < -0.39 is 22.1 Å². The summed E-state index contributed by atoms with van der Waals surface area (Å²) >= 11 is 1.21. The van der Waals surface area contributed by atoms with Crippen LogP contribution in [0.5, 0.6) is 0 Å². The Kier molecular flexibility index (Phi) is 6.04. The third-order valence-corrected chi connectivity index (χ3v) is 8.70. The van der Waals surface area contributed by atoms with Gasteiger partial charge in [-0.2, -0.15) is 0 Å². The van der Waals surface area contributed by atoms with Crippen LogP contribution in [-0.2, 0) is 19.6 Å². The number of sulfonamides is 1. The van der Waals surface area contributed by atoms with E-state index in [-0.39, 0.29) is 17.7 Å². The van der Waals surface area contributed by atoms with Crippen LogP contribution in [0.25, 0.3) is 0 Å². The molecule has 1 saturated carbocycles. The molecule has 10 heteroatoms. The minimum Gasteiger partial charge on any atom is -0.449 e. The Morgan fingerprint density at radius 2 is 2.06 bits per heavy atom. The number of amidine groups is 1. The summed E-state index contributed by atoms with van der Waals surface area (Å²) in [5.74, 6) is 0.0344. The Bertz CT molecular complexity index is 1040. The minimum absolute atomic E-state index is 0.0364. The van der Waals surface area contributed by atoms with Gasteiger partial charge in [0.05, 0.1) is 17.0 Å². The van der Waals surface area contributed by atoms with Crippen molar-refractivity contribution >= 4 is 44.5 Å². The zero-order chi connectivity index (χ0) is 22.3. The maximum atomic E-state index is 12.6. The number of carbonyl (C=O) groups excluding carboxylic acids is 2. The molecule has 1 aromatic carbocycles. The van der Waals surface area contributed by atoms with Crippen LogP contribution in [0.2, 0.25) is 0 Å². The van der Waals surface area contributed by atoms with Crippen molar-refractivity contribution in [3.05, 3.63) is 23.8 Å². The summed E-state index contributed by atoms with van der Waals surface area (Å²) in [6.45, 7) is 6.26. The molecule has 1 amide bonds. The molecule has 31 heavy (non-hydrogen) atoms. The lowest BCUT2D eigenvalue weighted by atomic mass is 9.78. The fourth-order valence-corrected chi connectivity index (χ4v) is 6.52. The van der Waals surface area contributed by atoms with Gasteiger partial charge < -0.3 is 15.0 Å². The Balaban J connectivity index is 1.40. The van der Waals surface area contributed by atoms with Gasteiger partial charge in [-0.3, -0.25) is 4.79 Å². The SMILES string of the molecule is C[C@H]1[C@H](C)CCC[C@H]1NC(=O)[C@H](C)OC(=O)c1ccc2c(c1)SC1=NS(=O)(=O)CCN12. The molecule has 4 atom stereocenters. The lowest BCUT2D eigenvalue weighted by Crippen LogP contribution is -2.47. The molecule has 8 nitrogen and oxygen atoms in total.